The third-order valence-electron chi connectivity index (χ3n) is 2.26. The van der Waals surface area contributed by atoms with Gasteiger partial charge in [-0.15, -0.1) is 19.0 Å². The van der Waals surface area contributed by atoms with Gasteiger partial charge in [0, 0.05) is 6.04 Å². The molecule has 0 aliphatic rings. The number of rotatable bonds is 5. The predicted molar refractivity (Wildman–Crippen MR) is 68.5 cm³/mol. The van der Waals surface area contributed by atoms with Crippen molar-refractivity contribution in [3.63, 3.8) is 0 Å². The zero-order chi connectivity index (χ0) is 11.3. The van der Waals surface area contributed by atoms with Crippen LogP contribution in [0.5, 0.6) is 11.5 Å². The fraction of sp³-hybridized carbons (Fsp3) is 0.333. The second kappa shape index (κ2) is 7.14. The molecule has 1 atom stereocenters. The molecule has 0 unspecified atom stereocenters. The van der Waals surface area contributed by atoms with Crippen LogP contribution in [0.25, 0.3) is 0 Å². The van der Waals surface area contributed by atoms with E-state index in [1.54, 1.807) is 20.3 Å². The molecule has 0 aromatic heterocycles. The summed E-state index contributed by atoms with van der Waals surface area (Å²) < 4.78 is 10.3. The smallest absolute Gasteiger partial charge is 0.161 e. The molecule has 16 heavy (non-hydrogen) atoms. The molecule has 0 spiro atoms. The van der Waals surface area contributed by atoms with Crippen LogP contribution < -0.4 is 15.2 Å². The highest BCUT2D eigenvalue weighted by Gasteiger charge is 2.08. The molecule has 90 valence electrons. The lowest BCUT2D eigenvalue weighted by molar-refractivity contribution is 0.354. The first-order chi connectivity index (χ1) is 7.22. The molecular formula is C12H18ClNO2. The van der Waals surface area contributed by atoms with Gasteiger partial charge in [0.05, 0.1) is 14.2 Å². The van der Waals surface area contributed by atoms with E-state index in [1.807, 2.05) is 18.2 Å². The van der Waals surface area contributed by atoms with Crippen molar-refractivity contribution in [1.82, 2.24) is 0 Å². The Kier molecular flexibility index (Phi) is 6.61. The lowest BCUT2D eigenvalue weighted by atomic mass is 10.0. The summed E-state index contributed by atoms with van der Waals surface area (Å²) in [4.78, 5) is 0. The van der Waals surface area contributed by atoms with E-state index in [2.05, 4.69) is 6.58 Å². The Balaban J connectivity index is 0.00000225. The van der Waals surface area contributed by atoms with E-state index in [0.717, 1.165) is 12.0 Å². The summed E-state index contributed by atoms with van der Waals surface area (Å²) in [7, 11) is 3.22. The molecule has 0 fully saturated rings. The lowest BCUT2D eigenvalue weighted by Crippen LogP contribution is -2.09. The molecule has 0 heterocycles. The largest absolute Gasteiger partial charge is 0.493 e. The number of benzene rings is 1. The van der Waals surface area contributed by atoms with Gasteiger partial charge in [0.15, 0.2) is 11.5 Å². The Morgan fingerprint density at radius 2 is 1.94 bits per heavy atom. The third-order valence-corrected chi connectivity index (χ3v) is 2.26. The molecule has 3 nitrogen and oxygen atoms in total. The summed E-state index contributed by atoms with van der Waals surface area (Å²) in [5.74, 6) is 1.42. The average Bonchev–Trinajstić information content (AvgIpc) is 2.28. The van der Waals surface area contributed by atoms with E-state index in [4.69, 9.17) is 15.2 Å². The van der Waals surface area contributed by atoms with Crippen molar-refractivity contribution < 1.29 is 9.47 Å². The topological polar surface area (TPSA) is 44.5 Å². The van der Waals surface area contributed by atoms with E-state index in [9.17, 15) is 0 Å². The van der Waals surface area contributed by atoms with E-state index < -0.39 is 0 Å². The van der Waals surface area contributed by atoms with Gasteiger partial charge in [0.2, 0.25) is 0 Å². The van der Waals surface area contributed by atoms with Gasteiger partial charge in [-0.25, -0.2) is 0 Å². The Bertz CT molecular complexity index is 342. The number of nitrogens with two attached hydrogens (primary N) is 1. The Morgan fingerprint density at radius 3 is 2.44 bits per heavy atom. The summed E-state index contributed by atoms with van der Waals surface area (Å²) in [5.41, 5.74) is 6.97. The normalized spacial score (nSPS) is 11.2. The van der Waals surface area contributed by atoms with Crippen molar-refractivity contribution in [2.75, 3.05) is 14.2 Å². The molecule has 0 saturated carbocycles. The number of hydrogen-bond donors (Lipinski definition) is 1. The summed E-state index contributed by atoms with van der Waals surface area (Å²) in [6.45, 7) is 3.67. The van der Waals surface area contributed by atoms with Crippen molar-refractivity contribution in [3.8, 4) is 11.5 Å². The summed E-state index contributed by atoms with van der Waals surface area (Å²) in [6.07, 6.45) is 2.55. The maximum absolute atomic E-state index is 5.95. The fourth-order valence-electron chi connectivity index (χ4n) is 1.40. The molecule has 0 amide bonds. The van der Waals surface area contributed by atoms with Crippen molar-refractivity contribution in [2.24, 2.45) is 5.73 Å². The third kappa shape index (κ3) is 3.43. The van der Waals surface area contributed by atoms with Crippen LogP contribution in [-0.4, -0.2) is 14.2 Å². The highest BCUT2D eigenvalue weighted by molar-refractivity contribution is 5.85. The minimum absolute atomic E-state index is 0. The summed E-state index contributed by atoms with van der Waals surface area (Å²) in [6, 6.07) is 5.65. The fourth-order valence-corrected chi connectivity index (χ4v) is 1.40. The zero-order valence-corrected chi connectivity index (χ0v) is 10.4. The van der Waals surface area contributed by atoms with E-state index >= 15 is 0 Å². The summed E-state index contributed by atoms with van der Waals surface area (Å²) >= 11 is 0. The average molecular weight is 244 g/mol. The second-order valence-corrected chi connectivity index (χ2v) is 3.25. The molecule has 1 aromatic rings. The van der Waals surface area contributed by atoms with Gasteiger partial charge < -0.3 is 15.2 Å². The molecule has 0 aliphatic carbocycles. The second-order valence-electron chi connectivity index (χ2n) is 3.25. The van der Waals surface area contributed by atoms with Crippen molar-refractivity contribution >= 4 is 12.4 Å². The first-order valence-corrected chi connectivity index (χ1v) is 4.81. The van der Waals surface area contributed by atoms with Gasteiger partial charge in [-0.05, 0) is 24.1 Å². The lowest BCUT2D eigenvalue weighted by Gasteiger charge is -2.13. The number of methoxy groups -OCH3 is 2. The summed E-state index contributed by atoms with van der Waals surface area (Å²) in [5, 5.41) is 0. The van der Waals surface area contributed by atoms with Crippen LogP contribution in [0.4, 0.5) is 0 Å². The first-order valence-electron chi connectivity index (χ1n) is 4.81. The molecule has 0 aliphatic heterocycles. The molecule has 0 saturated heterocycles. The molecular weight excluding hydrogens is 226 g/mol. The highest BCUT2D eigenvalue weighted by Crippen LogP contribution is 2.30. The van der Waals surface area contributed by atoms with E-state index in [0.29, 0.717) is 11.5 Å². The molecule has 4 heteroatoms. The highest BCUT2D eigenvalue weighted by atomic mass is 35.5. The Hall–Kier alpha value is -1.19. The van der Waals surface area contributed by atoms with Gasteiger partial charge in [-0.1, -0.05) is 12.1 Å². The molecule has 0 radical (unpaired) electrons. The Labute approximate surface area is 103 Å². The van der Waals surface area contributed by atoms with Crippen LogP contribution >= 0.6 is 12.4 Å². The molecule has 0 bridgehead atoms. The quantitative estimate of drug-likeness (QED) is 0.809. The number of halogens is 1. The van der Waals surface area contributed by atoms with Crippen LogP contribution in [0, 0.1) is 0 Å². The minimum atomic E-state index is -0.0395. The SMILES string of the molecule is C=CC[C@H](N)c1ccc(OC)c(OC)c1.Cl. The monoisotopic (exact) mass is 243 g/mol. The van der Waals surface area contributed by atoms with Crippen molar-refractivity contribution in [1.29, 1.82) is 0 Å². The van der Waals surface area contributed by atoms with Crippen LogP contribution in [0.2, 0.25) is 0 Å². The Morgan fingerprint density at radius 1 is 1.31 bits per heavy atom. The molecule has 2 N–H and O–H groups in total. The first kappa shape index (κ1) is 14.8. The van der Waals surface area contributed by atoms with Gasteiger partial charge in [-0.3, -0.25) is 0 Å². The standard InChI is InChI=1S/C12H17NO2.ClH/c1-4-5-10(13)9-6-7-11(14-2)12(8-9)15-3;/h4,6-8,10H,1,5,13H2,2-3H3;1H/t10-;/m0./s1. The maximum atomic E-state index is 5.95. The van der Waals surface area contributed by atoms with Gasteiger partial charge in [0.25, 0.3) is 0 Å². The van der Waals surface area contributed by atoms with E-state index in [1.165, 1.54) is 0 Å². The van der Waals surface area contributed by atoms with Crippen LogP contribution in [0.15, 0.2) is 30.9 Å². The van der Waals surface area contributed by atoms with E-state index in [-0.39, 0.29) is 18.4 Å². The van der Waals surface area contributed by atoms with Crippen molar-refractivity contribution in [3.05, 3.63) is 36.4 Å². The molecule has 1 aromatic carbocycles. The zero-order valence-electron chi connectivity index (χ0n) is 9.60. The minimum Gasteiger partial charge on any atom is -0.493 e. The molecule has 1 rings (SSSR count). The van der Waals surface area contributed by atoms with Crippen LogP contribution in [0.1, 0.15) is 18.0 Å². The van der Waals surface area contributed by atoms with Crippen LogP contribution in [0.3, 0.4) is 0 Å². The van der Waals surface area contributed by atoms with Crippen molar-refractivity contribution in [2.45, 2.75) is 12.5 Å². The van der Waals surface area contributed by atoms with Gasteiger partial charge in [0.1, 0.15) is 0 Å². The van der Waals surface area contributed by atoms with Gasteiger partial charge in [-0.2, -0.15) is 0 Å². The number of ether oxygens (including phenoxy) is 2. The van der Waals surface area contributed by atoms with Crippen LogP contribution in [-0.2, 0) is 0 Å². The van der Waals surface area contributed by atoms with Gasteiger partial charge >= 0.3 is 0 Å². The maximum Gasteiger partial charge on any atom is 0.161 e. The number of hydrogen-bond acceptors (Lipinski definition) is 3. The predicted octanol–water partition coefficient (Wildman–Crippen LogP) is 2.70.